The molecule has 3 nitrogen and oxygen atoms in total. The van der Waals surface area contributed by atoms with E-state index in [0.29, 0.717) is 5.41 Å². The standard InChI is InChI=1S/C28H36N2O/c1-31-24-11-7-20(8-12-24)18-29-23-10-9-22-16-27-25-4-2-3-13-28(25,26(22)17-23)14-15-30(27)19-21-5-6-21/h7-12,17,21,25,27,29H,2-6,13-16,18-19H2,1H3/t25-,27+,28+/m0/s1. The number of hydrogen-bond donors (Lipinski definition) is 1. The van der Waals surface area contributed by atoms with Crippen LogP contribution in [0.15, 0.2) is 42.5 Å². The van der Waals surface area contributed by atoms with Gasteiger partial charge in [-0.1, -0.05) is 31.0 Å². The van der Waals surface area contributed by atoms with Crippen LogP contribution in [-0.4, -0.2) is 31.1 Å². The number of ether oxygens (including phenoxy) is 1. The molecule has 0 unspecified atom stereocenters. The Bertz CT molecular complexity index is 935. The molecule has 2 aromatic carbocycles. The fourth-order valence-corrected chi connectivity index (χ4v) is 7.00. The Labute approximate surface area is 187 Å². The highest BCUT2D eigenvalue weighted by atomic mass is 16.5. The SMILES string of the molecule is COc1ccc(CNc2ccc3c(c2)[C@@]24CCCC[C@H]2[C@@H](C3)N(CC2CC2)CC4)cc1. The first-order valence-electron chi connectivity index (χ1n) is 12.5. The smallest absolute Gasteiger partial charge is 0.118 e. The van der Waals surface area contributed by atoms with Gasteiger partial charge < -0.3 is 10.1 Å². The average Bonchev–Trinajstić information content (AvgIpc) is 3.64. The van der Waals surface area contributed by atoms with Crippen LogP contribution < -0.4 is 10.1 Å². The van der Waals surface area contributed by atoms with Crippen molar-refractivity contribution in [2.45, 2.75) is 69.4 Å². The van der Waals surface area contributed by atoms with Gasteiger partial charge in [-0.05, 0) is 97.9 Å². The second-order valence-electron chi connectivity index (χ2n) is 10.5. The van der Waals surface area contributed by atoms with Gasteiger partial charge >= 0.3 is 0 Å². The van der Waals surface area contributed by atoms with E-state index in [1.165, 1.54) is 75.7 Å². The van der Waals surface area contributed by atoms with Crippen LogP contribution in [0.2, 0.25) is 0 Å². The van der Waals surface area contributed by atoms with Crippen LogP contribution in [0.25, 0.3) is 0 Å². The Morgan fingerprint density at radius 1 is 1.03 bits per heavy atom. The molecular weight excluding hydrogens is 380 g/mol. The predicted molar refractivity (Wildman–Crippen MR) is 127 cm³/mol. The topological polar surface area (TPSA) is 24.5 Å². The summed E-state index contributed by atoms with van der Waals surface area (Å²) in [6.45, 7) is 3.55. The van der Waals surface area contributed by atoms with Crippen molar-refractivity contribution in [3.05, 3.63) is 59.2 Å². The summed E-state index contributed by atoms with van der Waals surface area (Å²) < 4.78 is 5.29. The molecule has 3 aliphatic carbocycles. The summed E-state index contributed by atoms with van der Waals surface area (Å²) in [7, 11) is 1.72. The molecule has 3 atom stereocenters. The van der Waals surface area contributed by atoms with Gasteiger partial charge in [0, 0.05) is 30.2 Å². The monoisotopic (exact) mass is 416 g/mol. The molecule has 4 aliphatic rings. The molecular formula is C28H36N2O. The lowest BCUT2D eigenvalue weighted by atomic mass is 9.52. The number of methoxy groups -OCH3 is 1. The van der Waals surface area contributed by atoms with Gasteiger partial charge in [0.25, 0.3) is 0 Å². The molecule has 1 saturated heterocycles. The summed E-state index contributed by atoms with van der Waals surface area (Å²) in [4.78, 5) is 2.91. The summed E-state index contributed by atoms with van der Waals surface area (Å²) in [6.07, 6.45) is 11.3. The van der Waals surface area contributed by atoms with E-state index in [1.54, 1.807) is 18.2 Å². The second-order valence-corrected chi connectivity index (χ2v) is 10.5. The Hall–Kier alpha value is -2.00. The van der Waals surface area contributed by atoms with E-state index in [4.69, 9.17) is 4.74 Å². The first kappa shape index (κ1) is 19.7. The van der Waals surface area contributed by atoms with Gasteiger partial charge in [0.05, 0.1) is 7.11 Å². The number of fused-ring (bicyclic) bond motifs is 1. The number of nitrogens with one attached hydrogen (secondary N) is 1. The lowest BCUT2D eigenvalue weighted by Crippen LogP contribution is -2.61. The first-order chi connectivity index (χ1) is 15.2. The van der Waals surface area contributed by atoms with E-state index < -0.39 is 0 Å². The Morgan fingerprint density at radius 3 is 2.71 bits per heavy atom. The Kier molecular flexibility index (Phi) is 4.98. The lowest BCUT2D eigenvalue weighted by Gasteiger charge is -2.59. The van der Waals surface area contributed by atoms with Crippen molar-refractivity contribution in [3.63, 3.8) is 0 Å². The highest BCUT2D eigenvalue weighted by Gasteiger charge is 2.54. The van der Waals surface area contributed by atoms with Gasteiger partial charge in [0.15, 0.2) is 0 Å². The maximum absolute atomic E-state index is 5.29. The van der Waals surface area contributed by atoms with Crippen LogP contribution in [0, 0.1) is 11.8 Å². The van der Waals surface area contributed by atoms with E-state index >= 15 is 0 Å². The molecule has 3 heteroatoms. The fraction of sp³-hybridized carbons (Fsp3) is 0.571. The largest absolute Gasteiger partial charge is 0.497 e. The minimum Gasteiger partial charge on any atom is -0.497 e. The van der Waals surface area contributed by atoms with Crippen molar-refractivity contribution >= 4 is 5.69 Å². The maximum Gasteiger partial charge on any atom is 0.118 e. The van der Waals surface area contributed by atoms with Gasteiger partial charge in [0.1, 0.15) is 5.75 Å². The van der Waals surface area contributed by atoms with Crippen molar-refractivity contribution < 1.29 is 4.74 Å². The van der Waals surface area contributed by atoms with Crippen LogP contribution >= 0.6 is 0 Å². The van der Waals surface area contributed by atoms with Crippen LogP contribution in [0.3, 0.4) is 0 Å². The third kappa shape index (κ3) is 3.55. The molecule has 1 aliphatic heterocycles. The molecule has 164 valence electrons. The predicted octanol–water partition coefficient (Wildman–Crippen LogP) is 5.78. The van der Waals surface area contributed by atoms with Crippen LogP contribution in [0.4, 0.5) is 5.69 Å². The number of likely N-dealkylation sites (tertiary alicyclic amines) is 1. The molecule has 0 spiro atoms. The zero-order chi connectivity index (χ0) is 20.8. The van der Waals surface area contributed by atoms with Crippen molar-refractivity contribution in [1.29, 1.82) is 0 Å². The van der Waals surface area contributed by atoms with Gasteiger partial charge in [-0.2, -0.15) is 0 Å². The minimum absolute atomic E-state index is 0.439. The summed E-state index contributed by atoms with van der Waals surface area (Å²) >= 11 is 0. The molecule has 0 aromatic heterocycles. The number of piperidine rings is 1. The summed E-state index contributed by atoms with van der Waals surface area (Å²) in [5, 5.41) is 3.71. The highest BCUT2D eigenvalue weighted by molar-refractivity contribution is 5.54. The summed E-state index contributed by atoms with van der Waals surface area (Å²) in [5.74, 6) is 2.79. The lowest BCUT2D eigenvalue weighted by molar-refractivity contribution is -0.0133. The van der Waals surface area contributed by atoms with E-state index in [0.717, 1.165) is 30.2 Å². The zero-order valence-corrected chi connectivity index (χ0v) is 18.9. The van der Waals surface area contributed by atoms with Crippen LogP contribution in [0.5, 0.6) is 5.75 Å². The van der Waals surface area contributed by atoms with Crippen molar-refractivity contribution in [2.24, 2.45) is 11.8 Å². The summed E-state index contributed by atoms with van der Waals surface area (Å²) in [5.41, 5.74) is 6.35. The molecule has 0 radical (unpaired) electrons. The molecule has 2 aromatic rings. The zero-order valence-electron chi connectivity index (χ0n) is 18.9. The van der Waals surface area contributed by atoms with E-state index in [1.807, 2.05) is 12.1 Å². The third-order valence-electron chi connectivity index (χ3n) is 8.80. The molecule has 31 heavy (non-hydrogen) atoms. The number of anilines is 1. The molecule has 6 rings (SSSR count). The number of benzene rings is 2. The molecule has 2 saturated carbocycles. The van der Waals surface area contributed by atoms with Gasteiger partial charge in [-0.3, -0.25) is 4.90 Å². The maximum atomic E-state index is 5.29. The van der Waals surface area contributed by atoms with Crippen LogP contribution in [-0.2, 0) is 18.4 Å². The van der Waals surface area contributed by atoms with Gasteiger partial charge in [-0.25, -0.2) is 0 Å². The third-order valence-corrected chi connectivity index (χ3v) is 8.80. The summed E-state index contributed by atoms with van der Waals surface area (Å²) in [6, 6.07) is 16.5. The van der Waals surface area contributed by atoms with E-state index in [2.05, 4.69) is 40.5 Å². The second kappa shape index (κ2) is 7.85. The van der Waals surface area contributed by atoms with Crippen molar-refractivity contribution in [1.82, 2.24) is 4.90 Å². The van der Waals surface area contributed by atoms with Gasteiger partial charge in [-0.15, -0.1) is 0 Å². The molecule has 1 N–H and O–H groups in total. The molecule has 1 heterocycles. The quantitative estimate of drug-likeness (QED) is 0.646. The number of rotatable bonds is 6. The fourth-order valence-electron chi connectivity index (χ4n) is 7.00. The normalized spacial score (nSPS) is 29.7. The highest BCUT2D eigenvalue weighted by Crippen LogP contribution is 2.56. The first-order valence-corrected chi connectivity index (χ1v) is 12.5. The minimum atomic E-state index is 0.439. The molecule has 2 bridgehead atoms. The Morgan fingerprint density at radius 2 is 1.90 bits per heavy atom. The Balaban J connectivity index is 1.26. The number of nitrogens with zero attached hydrogens (tertiary/aromatic N) is 1. The van der Waals surface area contributed by atoms with E-state index in [9.17, 15) is 0 Å². The molecule has 3 fully saturated rings. The average molecular weight is 417 g/mol. The number of hydrogen-bond acceptors (Lipinski definition) is 3. The van der Waals surface area contributed by atoms with Crippen molar-refractivity contribution in [2.75, 3.05) is 25.5 Å². The van der Waals surface area contributed by atoms with Gasteiger partial charge in [0.2, 0.25) is 0 Å². The van der Waals surface area contributed by atoms with Crippen LogP contribution in [0.1, 0.15) is 61.6 Å². The molecule has 0 amide bonds. The van der Waals surface area contributed by atoms with E-state index in [-0.39, 0.29) is 0 Å². The van der Waals surface area contributed by atoms with Crippen molar-refractivity contribution in [3.8, 4) is 5.75 Å².